The van der Waals surface area contributed by atoms with Crippen molar-refractivity contribution in [2.24, 2.45) is 0 Å². The number of aromatic nitrogens is 3. The van der Waals surface area contributed by atoms with Crippen molar-refractivity contribution in [3.63, 3.8) is 0 Å². The van der Waals surface area contributed by atoms with Crippen molar-refractivity contribution in [2.45, 2.75) is 32.7 Å². The molecule has 0 fully saturated rings. The summed E-state index contributed by atoms with van der Waals surface area (Å²) in [5.74, 6) is -0.644. The second-order valence-electron chi connectivity index (χ2n) is 8.79. The van der Waals surface area contributed by atoms with E-state index in [4.69, 9.17) is 27.9 Å². The number of nitrogens with one attached hydrogen (secondary N) is 2. The predicted octanol–water partition coefficient (Wildman–Crippen LogP) is 5.91. The first-order valence-electron chi connectivity index (χ1n) is 11.8. The lowest BCUT2D eigenvalue weighted by atomic mass is 10.1. The molecular weight excluding hydrogens is 574 g/mol. The van der Waals surface area contributed by atoms with Crippen molar-refractivity contribution in [1.29, 1.82) is 0 Å². The highest BCUT2D eigenvalue weighted by atomic mass is 35.5. The van der Waals surface area contributed by atoms with Crippen LogP contribution in [0.3, 0.4) is 0 Å². The van der Waals surface area contributed by atoms with Gasteiger partial charge in [-0.2, -0.15) is 13.2 Å². The standard InChI is InChI=1S/C26H22Cl2F3N5O4/c1-13(40-18-5-3-17(27)4-6-18)10-33-22-14(2)24(37)36-12-16(26(29,30)31)9-15(23(36)35-22)11-32-19-7-8-20(28)34-21(19)25(38)39/h3-9,12-13,32-33H,10-11H2,1-2H3,(H,38,39)/t13-/m0/s1. The third-order valence-corrected chi connectivity index (χ3v) is 6.26. The molecule has 1 atom stereocenters. The van der Waals surface area contributed by atoms with Crippen LogP contribution in [0.25, 0.3) is 5.65 Å². The van der Waals surface area contributed by atoms with E-state index in [0.29, 0.717) is 17.0 Å². The molecule has 14 heteroatoms. The van der Waals surface area contributed by atoms with Crippen LogP contribution in [0.2, 0.25) is 10.2 Å². The van der Waals surface area contributed by atoms with Crippen LogP contribution in [0, 0.1) is 6.92 Å². The minimum atomic E-state index is -4.75. The number of halogens is 5. The number of pyridine rings is 2. The summed E-state index contributed by atoms with van der Waals surface area (Å²) >= 11 is 11.7. The minimum Gasteiger partial charge on any atom is -0.489 e. The van der Waals surface area contributed by atoms with Gasteiger partial charge in [-0.1, -0.05) is 23.2 Å². The molecule has 0 saturated heterocycles. The monoisotopic (exact) mass is 595 g/mol. The lowest BCUT2D eigenvalue weighted by molar-refractivity contribution is -0.137. The molecule has 9 nitrogen and oxygen atoms in total. The Morgan fingerprint density at radius 1 is 1.12 bits per heavy atom. The van der Waals surface area contributed by atoms with E-state index in [0.717, 1.165) is 10.5 Å². The zero-order chi connectivity index (χ0) is 29.2. The minimum absolute atomic E-state index is 0.00766. The van der Waals surface area contributed by atoms with E-state index in [1.807, 2.05) is 0 Å². The number of rotatable bonds is 9. The molecule has 0 bridgehead atoms. The normalized spacial score (nSPS) is 12.3. The summed E-state index contributed by atoms with van der Waals surface area (Å²) < 4.78 is 47.8. The van der Waals surface area contributed by atoms with Crippen LogP contribution in [0.5, 0.6) is 5.75 Å². The van der Waals surface area contributed by atoms with E-state index in [-0.39, 0.29) is 52.6 Å². The van der Waals surface area contributed by atoms with Gasteiger partial charge in [0.25, 0.3) is 5.56 Å². The van der Waals surface area contributed by atoms with Crippen LogP contribution in [0.4, 0.5) is 24.7 Å². The Morgan fingerprint density at radius 2 is 1.82 bits per heavy atom. The van der Waals surface area contributed by atoms with Gasteiger partial charge in [0.1, 0.15) is 28.5 Å². The molecule has 4 aromatic rings. The molecule has 0 aliphatic rings. The van der Waals surface area contributed by atoms with Crippen LogP contribution in [-0.2, 0) is 12.7 Å². The number of hydrogen-bond donors (Lipinski definition) is 3. The molecule has 0 amide bonds. The lowest BCUT2D eigenvalue weighted by Gasteiger charge is -2.19. The molecule has 0 aliphatic carbocycles. The maximum absolute atomic E-state index is 13.7. The number of carboxylic acid groups (broad SMARTS) is 1. The smallest absolute Gasteiger partial charge is 0.417 e. The number of hydrogen-bond acceptors (Lipinski definition) is 7. The fourth-order valence-corrected chi connectivity index (χ4v) is 4.09. The van der Waals surface area contributed by atoms with Gasteiger partial charge in [-0.3, -0.25) is 9.20 Å². The van der Waals surface area contributed by atoms with Gasteiger partial charge in [0.15, 0.2) is 5.69 Å². The number of alkyl halides is 3. The van der Waals surface area contributed by atoms with Crippen molar-refractivity contribution < 1.29 is 27.8 Å². The number of ether oxygens (including phenoxy) is 1. The SMILES string of the molecule is Cc1c(NC[C@H](C)Oc2ccc(Cl)cc2)nc2c(CNc3ccc(Cl)nc3C(=O)O)cc(C(F)(F)F)cn2c1=O. The predicted molar refractivity (Wildman–Crippen MR) is 145 cm³/mol. The number of nitrogens with zero attached hydrogens (tertiary/aromatic N) is 3. The number of carbonyl (C=O) groups is 1. The third kappa shape index (κ3) is 6.57. The number of benzene rings is 1. The third-order valence-electron chi connectivity index (χ3n) is 5.79. The second-order valence-corrected chi connectivity index (χ2v) is 9.61. The highest BCUT2D eigenvalue weighted by Crippen LogP contribution is 2.31. The van der Waals surface area contributed by atoms with Crippen molar-refractivity contribution in [2.75, 3.05) is 17.2 Å². The molecule has 3 heterocycles. The summed E-state index contributed by atoms with van der Waals surface area (Å²) in [5.41, 5.74) is -2.13. The van der Waals surface area contributed by atoms with Gasteiger partial charge in [-0.05, 0) is 56.3 Å². The van der Waals surface area contributed by atoms with Crippen molar-refractivity contribution in [1.82, 2.24) is 14.4 Å². The number of aromatic carboxylic acids is 1. The zero-order valence-corrected chi connectivity index (χ0v) is 22.5. The van der Waals surface area contributed by atoms with Crippen molar-refractivity contribution in [3.05, 3.63) is 91.6 Å². The van der Waals surface area contributed by atoms with E-state index in [1.54, 1.807) is 31.2 Å². The first-order valence-corrected chi connectivity index (χ1v) is 12.5. The molecule has 0 unspecified atom stereocenters. The van der Waals surface area contributed by atoms with E-state index in [2.05, 4.69) is 20.6 Å². The summed E-state index contributed by atoms with van der Waals surface area (Å²) in [6.07, 6.45) is -4.44. The van der Waals surface area contributed by atoms with Gasteiger partial charge in [-0.15, -0.1) is 0 Å². The second kappa shape index (κ2) is 11.6. The maximum Gasteiger partial charge on any atom is 0.417 e. The Morgan fingerprint density at radius 3 is 2.48 bits per heavy atom. The van der Waals surface area contributed by atoms with Gasteiger partial charge in [0, 0.05) is 23.3 Å². The summed E-state index contributed by atoms with van der Waals surface area (Å²) in [7, 11) is 0. The number of carboxylic acids is 1. The highest BCUT2D eigenvalue weighted by molar-refractivity contribution is 6.30. The van der Waals surface area contributed by atoms with Crippen molar-refractivity contribution in [3.8, 4) is 5.75 Å². The average molecular weight is 596 g/mol. The fraction of sp³-hybridized carbons (Fsp3) is 0.231. The molecule has 1 aromatic carbocycles. The van der Waals surface area contributed by atoms with Gasteiger partial charge in [0.05, 0.1) is 23.4 Å². The highest BCUT2D eigenvalue weighted by Gasteiger charge is 2.32. The molecule has 3 aromatic heterocycles. The Kier molecular flexibility index (Phi) is 8.40. The van der Waals surface area contributed by atoms with Gasteiger partial charge < -0.3 is 20.5 Å². The molecule has 4 rings (SSSR count). The largest absolute Gasteiger partial charge is 0.489 e. The van der Waals surface area contributed by atoms with E-state index in [9.17, 15) is 27.9 Å². The Labute approximate surface area is 235 Å². The van der Waals surface area contributed by atoms with Gasteiger partial charge >= 0.3 is 12.1 Å². The Balaban J connectivity index is 1.68. The summed E-state index contributed by atoms with van der Waals surface area (Å²) in [6.45, 7) is 3.16. The van der Waals surface area contributed by atoms with E-state index >= 15 is 0 Å². The first-order chi connectivity index (χ1) is 18.8. The number of fused-ring (bicyclic) bond motifs is 1. The van der Waals surface area contributed by atoms with E-state index < -0.39 is 29.0 Å². The Bertz CT molecular complexity index is 1630. The van der Waals surface area contributed by atoms with Crippen LogP contribution < -0.4 is 20.9 Å². The lowest BCUT2D eigenvalue weighted by Crippen LogP contribution is -2.27. The molecule has 3 N–H and O–H groups in total. The summed E-state index contributed by atoms with van der Waals surface area (Å²) in [5, 5.41) is 15.7. The van der Waals surface area contributed by atoms with Crippen molar-refractivity contribution >= 4 is 46.3 Å². The summed E-state index contributed by atoms with van der Waals surface area (Å²) in [4.78, 5) is 32.9. The molecule has 0 spiro atoms. The van der Waals surface area contributed by atoms with Crippen LogP contribution >= 0.6 is 23.2 Å². The molecule has 40 heavy (non-hydrogen) atoms. The molecular formula is C26H22Cl2F3N5O4. The zero-order valence-electron chi connectivity index (χ0n) is 21.0. The van der Waals surface area contributed by atoms with Gasteiger partial charge in [0.2, 0.25) is 0 Å². The van der Waals surface area contributed by atoms with Crippen LogP contribution in [-0.4, -0.2) is 38.1 Å². The van der Waals surface area contributed by atoms with Crippen LogP contribution in [0.1, 0.15) is 34.1 Å². The molecule has 0 aliphatic heterocycles. The first kappa shape index (κ1) is 29.0. The van der Waals surface area contributed by atoms with E-state index in [1.165, 1.54) is 19.1 Å². The number of anilines is 2. The average Bonchev–Trinajstić information content (AvgIpc) is 2.89. The van der Waals surface area contributed by atoms with Gasteiger partial charge in [-0.25, -0.2) is 14.8 Å². The molecule has 0 saturated carbocycles. The maximum atomic E-state index is 13.7. The molecule has 210 valence electrons. The summed E-state index contributed by atoms with van der Waals surface area (Å²) in [6, 6.07) is 10.3. The molecule has 0 radical (unpaired) electrons. The Hall–Kier alpha value is -4.03. The fourth-order valence-electron chi connectivity index (χ4n) is 3.81. The van der Waals surface area contributed by atoms with Crippen LogP contribution in [0.15, 0.2) is 53.5 Å². The quantitative estimate of drug-likeness (QED) is 0.204. The topological polar surface area (TPSA) is 118 Å².